The van der Waals surface area contributed by atoms with Crippen LogP contribution in [-0.4, -0.2) is 26.0 Å². The molecular formula is C8H19NO2. The van der Waals surface area contributed by atoms with Crippen LogP contribution in [0.1, 0.15) is 26.7 Å². The van der Waals surface area contributed by atoms with Crippen LogP contribution in [0.3, 0.4) is 0 Å². The highest BCUT2D eigenvalue weighted by atomic mass is 16.7. The maximum absolute atomic E-state index is 5.78. The van der Waals surface area contributed by atoms with E-state index in [4.69, 9.17) is 15.2 Å². The summed E-state index contributed by atoms with van der Waals surface area (Å²) in [4.78, 5) is 0. The minimum absolute atomic E-state index is 0.113. The summed E-state index contributed by atoms with van der Waals surface area (Å²) in [5, 5.41) is 0. The van der Waals surface area contributed by atoms with E-state index in [1.54, 1.807) is 14.2 Å². The number of ether oxygens (including phenoxy) is 2. The molecule has 0 aromatic rings. The average Bonchev–Trinajstić information content (AvgIpc) is 1.88. The third-order valence-corrected chi connectivity index (χ3v) is 1.55. The van der Waals surface area contributed by atoms with Crippen molar-refractivity contribution in [1.82, 2.24) is 0 Å². The van der Waals surface area contributed by atoms with E-state index in [9.17, 15) is 0 Å². The van der Waals surface area contributed by atoms with E-state index < -0.39 is 0 Å². The summed E-state index contributed by atoms with van der Waals surface area (Å²) < 4.78 is 10.0. The summed E-state index contributed by atoms with van der Waals surface area (Å²) in [7, 11) is 3.27. The third-order valence-electron chi connectivity index (χ3n) is 1.55. The Morgan fingerprint density at radius 3 is 2.00 bits per heavy atom. The van der Waals surface area contributed by atoms with Crippen LogP contribution in [0.25, 0.3) is 0 Å². The van der Waals surface area contributed by atoms with E-state index >= 15 is 0 Å². The van der Waals surface area contributed by atoms with Crippen molar-refractivity contribution in [3.63, 3.8) is 0 Å². The monoisotopic (exact) mass is 161 g/mol. The lowest BCUT2D eigenvalue weighted by atomic mass is 10.0. The minimum atomic E-state index is -0.130. The van der Waals surface area contributed by atoms with Crippen LogP contribution in [0.5, 0.6) is 0 Å². The van der Waals surface area contributed by atoms with Crippen molar-refractivity contribution in [2.75, 3.05) is 14.2 Å². The van der Waals surface area contributed by atoms with Gasteiger partial charge in [0.05, 0.1) is 0 Å². The molecule has 0 radical (unpaired) electrons. The number of rotatable bonds is 5. The smallest absolute Gasteiger partial charge is 0.156 e. The predicted octanol–water partition coefficient (Wildman–Crippen LogP) is 1.12. The fourth-order valence-corrected chi connectivity index (χ4v) is 0.822. The summed E-state index contributed by atoms with van der Waals surface area (Å²) in [6.07, 6.45) is 1.63. The highest BCUT2D eigenvalue weighted by molar-refractivity contribution is 4.71. The first-order valence-electron chi connectivity index (χ1n) is 3.84. The summed E-state index contributed by atoms with van der Waals surface area (Å²) in [5.41, 5.74) is 5.65. The molecule has 68 valence electrons. The van der Waals surface area contributed by atoms with Crippen LogP contribution in [0.4, 0.5) is 0 Å². The average molecular weight is 161 g/mol. The molecule has 0 spiro atoms. The Labute approximate surface area is 68.9 Å². The van der Waals surface area contributed by atoms with E-state index in [0.717, 1.165) is 12.8 Å². The first-order valence-corrected chi connectivity index (χ1v) is 3.84. The van der Waals surface area contributed by atoms with Gasteiger partial charge in [-0.25, -0.2) is 0 Å². The van der Waals surface area contributed by atoms with Crippen molar-refractivity contribution in [3.05, 3.63) is 0 Å². The molecule has 0 fully saturated rings. The number of methoxy groups -OCH3 is 2. The molecule has 0 aliphatic heterocycles. The second kappa shape index (κ2) is 4.70. The lowest BCUT2D eigenvalue weighted by Crippen LogP contribution is -2.33. The molecule has 11 heavy (non-hydrogen) atoms. The topological polar surface area (TPSA) is 44.5 Å². The van der Waals surface area contributed by atoms with Crippen LogP contribution in [0.15, 0.2) is 0 Å². The van der Waals surface area contributed by atoms with Gasteiger partial charge in [0, 0.05) is 26.2 Å². The van der Waals surface area contributed by atoms with Crippen LogP contribution < -0.4 is 5.73 Å². The van der Waals surface area contributed by atoms with Gasteiger partial charge < -0.3 is 15.2 Å². The van der Waals surface area contributed by atoms with Gasteiger partial charge in [0.2, 0.25) is 0 Å². The molecule has 0 atom stereocenters. The Balaban J connectivity index is 3.51. The lowest BCUT2D eigenvalue weighted by molar-refractivity contribution is -0.108. The molecule has 2 N–H and O–H groups in total. The zero-order valence-corrected chi connectivity index (χ0v) is 7.89. The minimum Gasteiger partial charge on any atom is -0.356 e. The molecule has 3 nitrogen and oxygen atoms in total. The van der Waals surface area contributed by atoms with Crippen molar-refractivity contribution in [3.8, 4) is 0 Å². The van der Waals surface area contributed by atoms with Gasteiger partial charge in [-0.2, -0.15) is 0 Å². The molecule has 0 aliphatic carbocycles. The molecule has 0 unspecified atom stereocenters. The first kappa shape index (κ1) is 10.9. The van der Waals surface area contributed by atoms with Crippen LogP contribution in [-0.2, 0) is 9.47 Å². The number of nitrogens with two attached hydrogens (primary N) is 1. The van der Waals surface area contributed by atoms with E-state index in [2.05, 4.69) is 0 Å². The fourth-order valence-electron chi connectivity index (χ4n) is 0.822. The molecule has 0 aliphatic rings. The highest BCUT2D eigenvalue weighted by Crippen LogP contribution is 2.11. The maximum atomic E-state index is 5.78. The van der Waals surface area contributed by atoms with Crippen LogP contribution >= 0.6 is 0 Å². The fraction of sp³-hybridized carbons (Fsp3) is 1.00. The Bertz CT molecular complexity index is 94.8. The van der Waals surface area contributed by atoms with Crippen LogP contribution in [0.2, 0.25) is 0 Å². The Morgan fingerprint density at radius 1 is 1.27 bits per heavy atom. The van der Waals surface area contributed by atoms with E-state index in [1.165, 1.54) is 0 Å². The Morgan fingerprint density at radius 2 is 1.73 bits per heavy atom. The van der Waals surface area contributed by atoms with E-state index in [0.29, 0.717) is 0 Å². The zero-order chi connectivity index (χ0) is 8.91. The lowest BCUT2D eigenvalue weighted by Gasteiger charge is -2.21. The third kappa shape index (κ3) is 6.28. The number of hydrogen-bond acceptors (Lipinski definition) is 3. The van der Waals surface area contributed by atoms with Crippen molar-refractivity contribution < 1.29 is 9.47 Å². The van der Waals surface area contributed by atoms with Gasteiger partial charge in [-0.1, -0.05) is 0 Å². The Hall–Kier alpha value is -0.120. The molecule has 0 bridgehead atoms. The molecule has 0 saturated carbocycles. The van der Waals surface area contributed by atoms with Gasteiger partial charge in [0.25, 0.3) is 0 Å². The largest absolute Gasteiger partial charge is 0.356 e. The van der Waals surface area contributed by atoms with Gasteiger partial charge in [-0.15, -0.1) is 0 Å². The number of hydrogen-bond donors (Lipinski definition) is 1. The van der Waals surface area contributed by atoms with Gasteiger partial charge in [0.1, 0.15) is 0 Å². The van der Waals surface area contributed by atoms with Crippen molar-refractivity contribution in [1.29, 1.82) is 0 Å². The van der Waals surface area contributed by atoms with Crippen LogP contribution in [0, 0.1) is 0 Å². The van der Waals surface area contributed by atoms with Gasteiger partial charge in [-0.3, -0.25) is 0 Å². The molecule has 0 rings (SSSR count). The standard InChI is InChI=1S/C8H19NO2/c1-8(2,9)6-5-7(10-3)11-4/h7H,5-6,9H2,1-4H3. The summed E-state index contributed by atoms with van der Waals surface area (Å²) in [5.74, 6) is 0. The first-order chi connectivity index (χ1) is 4.99. The normalized spacial score (nSPS) is 12.5. The molecule has 0 amide bonds. The maximum Gasteiger partial charge on any atom is 0.156 e. The summed E-state index contributed by atoms with van der Waals surface area (Å²) in [6, 6.07) is 0. The van der Waals surface area contributed by atoms with Crippen molar-refractivity contribution in [2.45, 2.75) is 38.5 Å². The highest BCUT2D eigenvalue weighted by Gasteiger charge is 2.14. The van der Waals surface area contributed by atoms with Gasteiger partial charge in [-0.05, 0) is 20.3 Å². The molecule has 3 heteroatoms. The predicted molar refractivity (Wildman–Crippen MR) is 45.3 cm³/mol. The molecular weight excluding hydrogens is 142 g/mol. The Kier molecular flexibility index (Phi) is 4.65. The van der Waals surface area contributed by atoms with Crippen molar-refractivity contribution in [2.24, 2.45) is 5.73 Å². The zero-order valence-electron chi connectivity index (χ0n) is 7.89. The summed E-state index contributed by atoms with van der Waals surface area (Å²) in [6.45, 7) is 3.99. The van der Waals surface area contributed by atoms with Gasteiger partial charge in [0.15, 0.2) is 6.29 Å². The van der Waals surface area contributed by atoms with Crippen molar-refractivity contribution >= 4 is 0 Å². The van der Waals surface area contributed by atoms with E-state index in [1.807, 2.05) is 13.8 Å². The summed E-state index contributed by atoms with van der Waals surface area (Å²) >= 11 is 0. The van der Waals surface area contributed by atoms with E-state index in [-0.39, 0.29) is 11.8 Å². The molecule has 0 saturated heterocycles. The molecule has 0 heterocycles. The quantitative estimate of drug-likeness (QED) is 0.614. The molecule has 0 aromatic heterocycles. The molecule has 0 aromatic carbocycles. The SMILES string of the molecule is COC(CCC(C)(C)N)OC. The second-order valence-electron chi connectivity index (χ2n) is 3.43. The second-order valence-corrected chi connectivity index (χ2v) is 3.43. The van der Waals surface area contributed by atoms with Gasteiger partial charge >= 0.3 is 0 Å².